The molecular weight excluding hydrogens is 456 g/mol. The van der Waals surface area contributed by atoms with Gasteiger partial charge in [-0.2, -0.15) is 0 Å². The Balaban J connectivity index is 1.72. The van der Waals surface area contributed by atoms with Crippen molar-refractivity contribution in [3.63, 3.8) is 0 Å². The molecule has 0 aliphatic carbocycles. The molecule has 0 N–H and O–H groups in total. The van der Waals surface area contributed by atoms with E-state index in [1.54, 1.807) is 27.4 Å². The van der Waals surface area contributed by atoms with Crippen LogP contribution in [0.2, 0.25) is 0 Å². The molecule has 4 atom stereocenters. The first-order valence-electron chi connectivity index (χ1n) is 12.6. The average molecular weight is 499 g/mol. The van der Waals surface area contributed by atoms with E-state index in [4.69, 9.17) is 23.7 Å². The predicted molar refractivity (Wildman–Crippen MR) is 142 cm³/mol. The summed E-state index contributed by atoms with van der Waals surface area (Å²) in [4.78, 5) is 12.8. The second-order valence-corrected chi connectivity index (χ2v) is 8.97. The van der Waals surface area contributed by atoms with Crippen LogP contribution in [-0.2, 0) is 37.0 Å². The Hall–Kier alpha value is -2.51. The number of carbonyl (C=O) groups excluding carboxylic acids is 1. The number of hydrogen-bond donors (Lipinski definition) is 0. The van der Waals surface area contributed by atoms with Gasteiger partial charge in [-0.1, -0.05) is 62.4 Å². The molecule has 36 heavy (non-hydrogen) atoms. The summed E-state index contributed by atoms with van der Waals surface area (Å²) in [5, 5.41) is 0. The third-order valence-corrected chi connectivity index (χ3v) is 6.40. The molecule has 0 heterocycles. The van der Waals surface area contributed by atoms with E-state index in [-0.39, 0.29) is 29.8 Å². The topological polar surface area (TPSA) is 63.2 Å². The van der Waals surface area contributed by atoms with Crippen LogP contribution in [0.1, 0.15) is 37.8 Å². The van der Waals surface area contributed by atoms with Gasteiger partial charge >= 0.3 is 0 Å². The number of allylic oxidation sites excluding steroid dienone is 1. The van der Waals surface area contributed by atoms with Crippen LogP contribution in [0.15, 0.2) is 66.7 Å². The third-order valence-electron chi connectivity index (χ3n) is 6.40. The average Bonchev–Trinajstić information content (AvgIpc) is 2.92. The normalized spacial score (nSPS) is 14.9. The van der Waals surface area contributed by atoms with Gasteiger partial charge in [0.1, 0.15) is 5.75 Å². The second-order valence-electron chi connectivity index (χ2n) is 8.97. The summed E-state index contributed by atoms with van der Waals surface area (Å²) in [5.41, 5.74) is 2.22. The fourth-order valence-corrected chi connectivity index (χ4v) is 3.95. The second kappa shape index (κ2) is 17.0. The minimum Gasteiger partial charge on any atom is -0.497 e. The van der Waals surface area contributed by atoms with Gasteiger partial charge in [0.15, 0.2) is 5.78 Å². The molecule has 0 fully saturated rings. The van der Waals surface area contributed by atoms with E-state index in [9.17, 15) is 4.79 Å². The zero-order valence-electron chi connectivity index (χ0n) is 22.4. The van der Waals surface area contributed by atoms with Crippen molar-refractivity contribution in [2.24, 2.45) is 11.8 Å². The molecule has 0 saturated carbocycles. The SMILES string of the molecule is COc1ccc(COCC[C@H](OC)[C@@H](C)/C=C/C(=O)[C@H](C)[C@@H](CCOCc2ccccc2)OC)cc1. The third kappa shape index (κ3) is 10.6. The van der Waals surface area contributed by atoms with Gasteiger partial charge in [-0.25, -0.2) is 0 Å². The molecule has 6 heteroatoms. The minimum atomic E-state index is -0.257. The summed E-state index contributed by atoms with van der Waals surface area (Å²) in [6.07, 6.45) is 4.75. The zero-order valence-corrected chi connectivity index (χ0v) is 22.4. The van der Waals surface area contributed by atoms with E-state index in [1.165, 1.54) is 0 Å². The summed E-state index contributed by atoms with van der Waals surface area (Å²) >= 11 is 0. The Bertz CT molecular complexity index is 880. The summed E-state index contributed by atoms with van der Waals surface area (Å²) in [6.45, 7) is 6.16. The molecule has 6 nitrogen and oxygen atoms in total. The van der Waals surface area contributed by atoms with Crippen LogP contribution in [0.4, 0.5) is 0 Å². The van der Waals surface area contributed by atoms with Gasteiger partial charge in [-0.15, -0.1) is 0 Å². The molecule has 0 aliphatic heterocycles. The lowest BCUT2D eigenvalue weighted by Crippen LogP contribution is -2.28. The molecule has 0 spiro atoms. The number of ether oxygens (including phenoxy) is 5. The van der Waals surface area contributed by atoms with Crippen molar-refractivity contribution in [1.82, 2.24) is 0 Å². The smallest absolute Gasteiger partial charge is 0.160 e. The lowest BCUT2D eigenvalue weighted by Gasteiger charge is -2.22. The molecule has 2 aromatic carbocycles. The summed E-state index contributed by atoms with van der Waals surface area (Å²) in [7, 11) is 4.99. The number of benzene rings is 2. The molecule has 0 unspecified atom stereocenters. The lowest BCUT2D eigenvalue weighted by atomic mass is 9.94. The molecule has 0 amide bonds. The van der Waals surface area contributed by atoms with Crippen molar-refractivity contribution >= 4 is 5.78 Å². The lowest BCUT2D eigenvalue weighted by molar-refractivity contribution is -0.122. The highest BCUT2D eigenvalue weighted by Crippen LogP contribution is 2.17. The van der Waals surface area contributed by atoms with Crippen LogP contribution >= 0.6 is 0 Å². The van der Waals surface area contributed by atoms with Crippen molar-refractivity contribution < 1.29 is 28.5 Å². The van der Waals surface area contributed by atoms with Crippen LogP contribution < -0.4 is 4.74 Å². The molecule has 198 valence electrons. The van der Waals surface area contributed by atoms with Crippen LogP contribution in [-0.4, -0.2) is 52.5 Å². The Morgan fingerprint density at radius 3 is 1.89 bits per heavy atom. The van der Waals surface area contributed by atoms with E-state index >= 15 is 0 Å². The summed E-state index contributed by atoms with van der Waals surface area (Å²) in [5.74, 6) is 0.691. The molecule has 0 bridgehead atoms. The molecule has 0 aromatic heterocycles. The van der Waals surface area contributed by atoms with E-state index in [0.717, 1.165) is 23.3 Å². The van der Waals surface area contributed by atoms with Crippen molar-refractivity contribution in [1.29, 1.82) is 0 Å². The van der Waals surface area contributed by atoms with Gasteiger partial charge in [0, 0.05) is 39.3 Å². The first-order valence-corrected chi connectivity index (χ1v) is 12.6. The molecule has 0 radical (unpaired) electrons. The molecule has 2 aromatic rings. The maximum atomic E-state index is 12.8. The maximum Gasteiger partial charge on any atom is 0.160 e. The number of rotatable bonds is 18. The first kappa shape index (κ1) is 29.7. The summed E-state index contributed by atoms with van der Waals surface area (Å²) < 4.78 is 28.0. The van der Waals surface area contributed by atoms with Crippen LogP contribution in [0.3, 0.4) is 0 Å². The van der Waals surface area contributed by atoms with Crippen molar-refractivity contribution in [3.8, 4) is 5.75 Å². The van der Waals surface area contributed by atoms with Gasteiger partial charge in [-0.05, 0) is 42.2 Å². The van der Waals surface area contributed by atoms with Crippen molar-refractivity contribution in [3.05, 3.63) is 77.9 Å². The maximum absolute atomic E-state index is 12.8. The predicted octanol–water partition coefficient (Wildman–Crippen LogP) is 5.64. The van der Waals surface area contributed by atoms with E-state index in [0.29, 0.717) is 32.8 Å². The standard InChI is InChI=1S/C30H42O6/c1-23(29(33-4)17-19-35-22-26-12-14-27(32-3)15-13-26)11-16-28(31)24(2)30(34-5)18-20-36-21-25-9-7-6-8-10-25/h6-16,23-24,29-30H,17-22H2,1-5H3/b16-11+/t23-,24-,29-,30+/m0/s1. The van der Waals surface area contributed by atoms with Crippen LogP contribution in [0, 0.1) is 11.8 Å². The van der Waals surface area contributed by atoms with E-state index < -0.39 is 0 Å². The van der Waals surface area contributed by atoms with Crippen molar-refractivity contribution in [2.75, 3.05) is 34.5 Å². The Kier molecular flexibility index (Phi) is 14.1. The number of carbonyl (C=O) groups is 1. The van der Waals surface area contributed by atoms with Crippen LogP contribution in [0.25, 0.3) is 0 Å². The van der Waals surface area contributed by atoms with Gasteiger partial charge in [0.25, 0.3) is 0 Å². The monoisotopic (exact) mass is 498 g/mol. The van der Waals surface area contributed by atoms with Gasteiger partial charge in [-0.3, -0.25) is 4.79 Å². The number of methoxy groups -OCH3 is 3. The first-order chi connectivity index (χ1) is 17.5. The Morgan fingerprint density at radius 1 is 0.778 bits per heavy atom. The highest BCUT2D eigenvalue weighted by atomic mass is 16.5. The quantitative estimate of drug-likeness (QED) is 0.196. The van der Waals surface area contributed by atoms with Gasteiger partial charge < -0.3 is 23.7 Å². The molecule has 0 saturated heterocycles. The zero-order chi connectivity index (χ0) is 26.2. The molecule has 2 rings (SSSR count). The van der Waals surface area contributed by atoms with Gasteiger partial charge in [0.05, 0.1) is 32.5 Å². The van der Waals surface area contributed by atoms with Crippen LogP contribution in [0.5, 0.6) is 5.75 Å². The molecule has 0 aliphatic rings. The number of ketones is 1. The fraction of sp³-hybridized carbons (Fsp3) is 0.500. The Labute approximate surface area is 216 Å². The minimum absolute atomic E-state index is 0.0372. The fourth-order valence-electron chi connectivity index (χ4n) is 3.95. The van der Waals surface area contributed by atoms with E-state index in [1.807, 2.05) is 67.6 Å². The molecular formula is C30H42O6. The summed E-state index contributed by atoms with van der Waals surface area (Å²) in [6, 6.07) is 17.9. The Morgan fingerprint density at radius 2 is 1.33 bits per heavy atom. The van der Waals surface area contributed by atoms with Crippen molar-refractivity contribution in [2.45, 2.75) is 52.1 Å². The van der Waals surface area contributed by atoms with E-state index in [2.05, 4.69) is 6.92 Å². The van der Waals surface area contributed by atoms with Gasteiger partial charge in [0.2, 0.25) is 0 Å². The highest BCUT2D eigenvalue weighted by molar-refractivity contribution is 5.91. The largest absolute Gasteiger partial charge is 0.497 e. The highest BCUT2D eigenvalue weighted by Gasteiger charge is 2.23. The number of hydrogen-bond acceptors (Lipinski definition) is 6.